The maximum absolute atomic E-state index is 12.8. The van der Waals surface area contributed by atoms with E-state index in [1.807, 2.05) is 0 Å². The van der Waals surface area contributed by atoms with Crippen LogP contribution in [0.2, 0.25) is 0 Å². The number of Topliss-reactive ketones (excluding diaryl/α,β-unsaturated/α-hetero) is 1. The first-order valence-corrected chi connectivity index (χ1v) is 7.31. The van der Waals surface area contributed by atoms with Gasteiger partial charge >= 0.3 is 0 Å². The third kappa shape index (κ3) is 4.52. The quantitative estimate of drug-likeness (QED) is 0.473. The van der Waals surface area contributed by atoms with Crippen molar-refractivity contribution in [1.29, 1.82) is 0 Å². The molecule has 0 aliphatic rings. The van der Waals surface area contributed by atoms with Gasteiger partial charge in [0, 0.05) is 11.6 Å². The smallest absolute Gasteiger partial charge is 0.293 e. The Labute approximate surface area is 138 Å². The van der Waals surface area contributed by atoms with E-state index in [0.29, 0.717) is 11.4 Å². The molecule has 0 heterocycles. The normalized spacial score (nSPS) is 11.6. The highest BCUT2D eigenvalue weighted by atomic mass is 19.1. The molecule has 1 N–H and O–H groups in total. The number of benzene rings is 2. The van der Waals surface area contributed by atoms with Crippen LogP contribution in [0.1, 0.15) is 24.2 Å². The molecule has 2 aromatic carbocycles. The molecule has 0 spiro atoms. The topological polar surface area (TPSA) is 81.5 Å². The molecule has 2 rings (SSSR count). The number of carbonyl (C=O) groups is 1. The van der Waals surface area contributed by atoms with Crippen LogP contribution in [0.4, 0.5) is 15.8 Å². The Kier molecular flexibility index (Phi) is 5.47. The van der Waals surface area contributed by atoms with Crippen molar-refractivity contribution in [3.05, 3.63) is 64.0 Å². The minimum Gasteiger partial charge on any atom is -0.491 e. The number of halogens is 1. The van der Waals surface area contributed by atoms with Crippen LogP contribution in [0.15, 0.2) is 42.5 Å². The van der Waals surface area contributed by atoms with Crippen LogP contribution in [0.5, 0.6) is 5.75 Å². The number of nitrogens with one attached hydrogen (secondary N) is 1. The van der Waals surface area contributed by atoms with Crippen LogP contribution < -0.4 is 10.1 Å². The minimum absolute atomic E-state index is 0.170. The van der Waals surface area contributed by atoms with Gasteiger partial charge in [0.2, 0.25) is 0 Å². The van der Waals surface area contributed by atoms with Gasteiger partial charge in [-0.05, 0) is 50.2 Å². The number of hydrogen-bond acceptors (Lipinski definition) is 5. The van der Waals surface area contributed by atoms with Crippen molar-refractivity contribution >= 4 is 17.2 Å². The fourth-order valence-electron chi connectivity index (χ4n) is 2.08. The first-order chi connectivity index (χ1) is 11.4. The van der Waals surface area contributed by atoms with Gasteiger partial charge < -0.3 is 10.1 Å². The van der Waals surface area contributed by atoms with Crippen LogP contribution in [0.25, 0.3) is 0 Å². The molecule has 0 saturated carbocycles. The van der Waals surface area contributed by atoms with Crippen molar-refractivity contribution in [3.63, 3.8) is 0 Å². The molecule has 0 radical (unpaired) electrons. The van der Waals surface area contributed by atoms with Crippen molar-refractivity contribution in [2.45, 2.75) is 19.9 Å². The molecule has 0 aromatic heterocycles. The average molecular weight is 332 g/mol. The second-order valence-corrected chi connectivity index (χ2v) is 5.36. The molecule has 0 aliphatic carbocycles. The van der Waals surface area contributed by atoms with Gasteiger partial charge in [-0.1, -0.05) is 0 Å². The predicted molar refractivity (Wildman–Crippen MR) is 88.1 cm³/mol. The number of hydrogen-bond donors (Lipinski definition) is 1. The molecule has 126 valence electrons. The summed E-state index contributed by atoms with van der Waals surface area (Å²) in [5, 5.41) is 14.2. The van der Waals surface area contributed by atoms with Gasteiger partial charge in [0.05, 0.1) is 11.0 Å². The Balaban J connectivity index is 2.05. The van der Waals surface area contributed by atoms with E-state index in [0.717, 1.165) is 0 Å². The summed E-state index contributed by atoms with van der Waals surface area (Å²) in [7, 11) is 0. The summed E-state index contributed by atoms with van der Waals surface area (Å²) in [5.74, 6) is -0.0847. The van der Waals surface area contributed by atoms with Gasteiger partial charge in [0.15, 0.2) is 5.78 Å². The number of nitro benzene ring substituents is 1. The van der Waals surface area contributed by atoms with Crippen LogP contribution in [0, 0.1) is 15.9 Å². The molecule has 0 fully saturated rings. The second kappa shape index (κ2) is 7.54. The van der Waals surface area contributed by atoms with Crippen molar-refractivity contribution in [2.75, 3.05) is 11.9 Å². The second-order valence-electron chi connectivity index (χ2n) is 5.36. The van der Waals surface area contributed by atoms with Gasteiger partial charge in [-0.15, -0.1) is 0 Å². The number of ether oxygens (including phenoxy) is 1. The molecule has 0 bridgehead atoms. The zero-order valence-corrected chi connectivity index (χ0v) is 13.3. The Morgan fingerprint density at radius 2 is 1.96 bits per heavy atom. The Morgan fingerprint density at radius 1 is 1.29 bits per heavy atom. The van der Waals surface area contributed by atoms with Gasteiger partial charge in [-0.25, -0.2) is 4.39 Å². The van der Waals surface area contributed by atoms with Crippen LogP contribution >= 0.6 is 0 Å². The summed E-state index contributed by atoms with van der Waals surface area (Å²) in [6.07, 6.45) is 0. The van der Waals surface area contributed by atoms with E-state index in [1.54, 1.807) is 6.92 Å². The molecule has 6 nitrogen and oxygen atoms in total. The monoisotopic (exact) mass is 332 g/mol. The highest BCUT2D eigenvalue weighted by Gasteiger charge is 2.17. The summed E-state index contributed by atoms with van der Waals surface area (Å²) in [6.45, 7) is 3.38. The lowest BCUT2D eigenvalue weighted by molar-refractivity contribution is -0.384. The molecule has 7 heteroatoms. The maximum Gasteiger partial charge on any atom is 0.293 e. The summed E-state index contributed by atoms with van der Waals surface area (Å²) >= 11 is 0. The summed E-state index contributed by atoms with van der Waals surface area (Å²) in [4.78, 5) is 22.0. The van der Waals surface area contributed by atoms with E-state index >= 15 is 0 Å². The third-order valence-corrected chi connectivity index (χ3v) is 3.32. The molecular weight excluding hydrogens is 315 g/mol. The molecule has 2 aromatic rings. The summed E-state index contributed by atoms with van der Waals surface area (Å²) in [6, 6.07) is 9.64. The standard InChI is InChI=1S/C17H17FN2O4/c1-11(10-24-15-6-4-14(18)5-7-15)19-16-8-3-13(12(2)21)9-17(16)20(22)23/h3-9,11,19H,10H2,1-2H3. The number of nitrogens with zero attached hydrogens (tertiary/aromatic N) is 1. The fraction of sp³-hybridized carbons (Fsp3) is 0.235. The van der Waals surface area contributed by atoms with E-state index in [1.165, 1.54) is 49.4 Å². The zero-order valence-electron chi connectivity index (χ0n) is 13.3. The molecule has 0 aliphatic heterocycles. The molecule has 24 heavy (non-hydrogen) atoms. The SMILES string of the molecule is CC(=O)c1ccc(NC(C)COc2ccc(F)cc2)c([N+](=O)[O-])c1. The van der Waals surface area contributed by atoms with Crippen LogP contribution in [0.3, 0.4) is 0 Å². The Bertz CT molecular complexity index is 747. The van der Waals surface area contributed by atoms with Crippen LogP contribution in [-0.2, 0) is 0 Å². The fourth-order valence-corrected chi connectivity index (χ4v) is 2.08. The molecule has 0 amide bonds. The highest BCUT2D eigenvalue weighted by molar-refractivity contribution is 5.95. The van der Waals surface area contributed by atoms with E-state index in [2.05, 4.69) is 5.32 Å². The zero-order chi connectivity index (χ0) is 17.7. The summed E-state index contributed by atoms with van der Waals surface area (Å²) < 4.78 is 18.3. The number of carbonyl (C=O) groups excluding carboxylic acids is 1. The minimum atomic E-state index is -0.539. The first kappa shape index (κ1) is 17.4. The van der Waals surface area contributed by atoms with E-state index in [-0.39, 0.29) is 35.5 Å². The van der Waals surface area contributed by atoms with Gasteiger partial charge in [-0.2, -0.15) is 0 Å². The number of rotatable bonds is 7. The average Bonchev–Trinajstić information content (AvgIpc) is 2.54. The molecule has 1 atom stereocenters. The maximum atomic E-state index is 12.8. The number of nitro groups is 1. The third-order valence-electron chi connectivity index (χ3n) is 3.32. The van der Waals surface area contributed by atoms with Crippen molar-refractivity contribution < 1.29 is 18.8 Å². The predicted octanol–water partition coefficient (Wildman–Crippen LogP) is 3.82. The van der Waals surface area contributed by atoms with Gasteiger partial charge in [0.25, 0.3) is 5.69 Å². The van der Waals surface area contributed by atoms with E-state index < -0.39 is 4.92 Å². The lowest BCUT2D eigenvalue weighted by atomic mass is 10.1. The lowest BCUT2D eigenvalue weighted by Gasteiger charge is -2.16. The summed E-state index contributed by atoms with van der Waals surface area (Å²) in [5.41, 5.74) is 0.416. The largest absolute Gasteiger partial charge is 0.491 e. The molecule has 0 saturated heterocycles. The van der Waals surface area contributed by atoms with Crippen molar-refractivity contribution in [1.82, 2.24) is 0 Å². The lowest BCUT2D eigenvalue weighted by Crippen LogP contribution is -2.24. The number of anilines is 1. The van der Waals surface area contributed by atoms with Crippen molar-refractivity contribution in [2.24, 2.45) is 0 Å². The molecular formula is C17H17FN2O4. The van der Waals surface area contributed by atoms with Gasteiger partial charge in [-0.3, -0.25) is 14.9 Å². The molecule has 1 unspecified atom stereocenters. The number of ketones is 1. The first-order valence-electron chi connectivity index (χ1n) is 7.31. The van der Waals surface area contributed by atoms with Crippen molar-refractivity contribution in [3.8, 4) is 5.75 Å². The van der Waals surface area contributed by atoms with Crippen LogP contribution in [-0.4, -0.2) is 23.4 Å². The van der Waals surface area contributed by atoms with E-state index in [4.69, 9.17) is 4.74 Å². The Morgan fingerprint density at radius 3 is 2.54 bits per heavy atom. The van der Waals surface area contributed by atoms with E-state index in [9.17, 15) is 19.3 Å². The highest BCUT2D eigenvalue weighted by Crippen LogP contribution is 2.26. The van der Waals surface area contributed by atoms with Gasteiger partial charge in [0.1, 0.15) is 23.9 Å². The Hall–Kier alpha value is -2.96.